The van der Waals surface area contributed by atoms with Gasteiger partial charge in [0.2, 0.25) is 0 Å². The largest absolute Gasteiger partial charge is 0.295 e. The quantitative estimate of drug-likeness (QED) is 0.546. The molecule has 0 aliphatic heterocycles. The van der Waals surface area contributed by atoms with Crippen molar-refractivity contribution in [1.29, 1.82) is 0 Å². The minimum Gasteiger partial charge on any atom is -0.295 e. The van der Waals surface area contributed by atoms with Gasteiger partial charge in [-0.25, -0.2) is 0 Å². The number of benzene rings is 3. The highest BCUT2D eigenvalue weighted by Gasteiger charge is 2.02. The van der Waals surface area contributed by atoms with Crippen molar-refractivity contribution in [2.24, 2.45) is 0 Å². The number of fused-ring (bicyclic) bond motifs is 1. The van der Waals surface area contributed by atoms with Gasteiger partial charge >= 0.3 is 0 Å². The SMILES string of the molecule is CC.CC(=O)c1ccc(-c2ccc3ccccc3c2)cc1. The molecule has 3 rings (SSSR count). The van der Waals surface area contributed by atoms with Crippen LogP contribution in [0.15, 0.2) is 66.7 Å². The second-order valence-electron chi connectivity index (χ2n) is 4.70. The van der Waals surface area contributed by atoms with Gasteiger partial charge in [-0.15, -0.1) is 0 Å². The Morgan fingerprint density at radius 1 is 0.714 bits per heavy atom. The van der Waals surface area contributed by atoms with E-state index in [2.05, 4.69) is 30.3 Å². The first kappa shape index (κ1) is 15.0. The molecule has 3 aromatic rings. The molecule has 0 amide bonds. The highest BCUT2D eigenvalue weighted by atomic mass is 16.1. The van der Waals surface area contributed by atoms with Crippen LogP contribution in [0.5, 0.6) is 0 Å². The third kappa shape index (κ3) is 3.38. The van der Waals surface area contributed by atoms with Gasteiger partial charge < -0.3 is 0 Å². The highest BCUT2D eigenvalue weighted by molar-refractivity contribution is 5.94. The number of ketones is 1. The first-order valence-electron chi connectivity index (χ1n) is 7.34. The van der Waals surface area contributed by atoms with E-state index >= 15 is 0 Å². The topological polar surface area (TPSA) is 17.1 Å². The van der Waals surface area contributed by atoms with E-state index in [0.717, 1.165) is 11.1 Å². The zero-order chi connectivity index (χ0) is 15.2. The van der Waals surface area contributed by atoms with Gasteiger partial charge in [0.1, 0.15) is 0 Å². The third-order valence-electron chi connectivity index (χ3n) is 3.37. The van der Waals surface area contributed by atoms with Crippen LogP contribution in [0, 0.1) is 0 Å². The lowest BCUT2D eigenvalue weighted by atomic mass is 10.00. The van der Waals surface area contributed by atoms with E-state index < -0.39 is 0 Å². The molecule has 0 radical (unpaired) electrons. The molecule has 0 atom stereocenters. The van der Waals surface area contributed by atoms with E-state index in [-0.39, 0.29) is 5.78 Å². The van der Waals surface area contributed by atoms with Gasteiger partial charge in [0.05, 0.1) is 0 Å². The van der Waals surface area contributed by atoms with Crippen molar-refractivity contribution in [1.82, 2.24) is 0 Å². The Morgan fingerprint density at radius 2 is 1.29 bits per heavy atom. The average Bonchev–Trinajstić information content (AvgIpc) is 2.56. The van der Waals surface area contributed by atoms with Gasteiger partial charge in [0.15, 0.2) is 5.78 Å². The van der Waals surface area contributed by atoms with Crippen LogP contribution in [0.25, 0.3) is 21.9 Å². The molecule has 1 nitrogen and oxygen atoms in total. The van der Waals surface area contributed by atoms with Crippen LogP contribution < -0.4 is 0 Å². The van der Waals surface area contributed by atoms with Crippen molar-refractivity contribution in [3.05, 3.63) is 72.3 Å². The van der Waals surface area contributed by atoms with Crippen LogP contribution in [0.4, 0.5) is 0 Å². The molecular formula is C20H20O. The predicted molar refractivity (Wildman–Crippen MR) is 90.7 cm³/mol. The molecule has 0 saturated carbocycles. The van der Waals surface area contributed by atoms with Crippen molar-refractivity contribution in [3.63, 3.8) is 0 Å². The van der Waals surface area contributed by atoms with Gasteiger partial charge in [-0.3, -0.25) is 4.79 Å². The normalized spacial score (nSPS) is 9.86. The van der Waals surface area contributed by atoms with Gasteiger partial charge in [-0.2, -0.15) is 0 Å². The molecule has 0 aliphatic rings. The fraction of sp³-hybridized carbons (Fsp3) is 0.150. The molecule has 0 unspecified atom stereocenters. The fourth-order valence-electron chi connectivity index (χ4n) is 2.27. The summed E-state index contributed by atoms with van der Waals surface area (Å²) in [6.45, 7) is 5.59. The fourth-order valence-corrected chi connectivity index (χ4v) is 2.27. The van der Waals surface area contributed by atoms with Crippen molar-refractivity contribution in [2.45, 2.75) is 20.8 Å². The summed E-state index contributed by atoms with van der Waals surface area (Å²) in [6, 6.07) is 22.5. The summed E-state index contributed by atoms with van der Waals surface area (Å²) in [7, 11) is 0. The Kier molecular flexibility index (Phi) is 4.89. The summed E-state index contributed by atoms with van der Waals surface area (Å²) < 4.78 is 0. The second kappa shape index (κ2) is 6.85. The predicted octanol–water partition coefficient (Wildman–Crippen LogP) is 5.74. The first-order valence-corrected chi connectivity index (χ1v) is 7.34. The van der Waals surface area contributed by atoms with Crippen molar-refractivity contribution in [2.75, 3.05) is 0 Å². The van der Waals surface area contributed by atoms with Crippen LogP contribution in [-0.4, -0.2) is 5.78 Å². The Bertz CT molecular complexity index is 739. The number of hydrogen-bond acceptors (Lipinski definition) is 1. The van der Waals surface area contributed by atoms with E-state index in [9.17, 15) is 4.79 Å². The van der Waals surface area contributed by atoms with Crippen LogP contribution in [0.3, 0.4) is 0 Å². The van der Waals surface area contributed by atoms with Crippen molar-refractivity contribution < 1.29 is 4.79 Å². The molecule has 0 saturated heterocycles. The van der Waals surface area contributed by atoms with E-state index in [0.29, 0.717) is 0 Å². The molecule has 21 heavy (non-hydrogen) atoms. The van der Waals surface area contributed by atoms with Gasteiger partial charge in [-0.1, -0.05) is 74.5 Å². The third-order valence-corrected chi connectivity index (χ3v) is 3.37. The lowest BCUT2D eigenvalue weighted by Crippen LogP contribution is -1.90. The molecular weight excluding hydrogens is 256 g/mol. The van der Waals surface area contributed by atoms with Crippen LogP contribution in [0.2, 0.25) is 0 Å². The maximum Gasteiger partial charge on any atom is 0.159 e. The summed E-state index contributed by atoms with van der Waals surface area (Å²) in [5.41, 5.74) is 3.06. The Labute approximate surface area is 126 Å². The molecule has 1 heteroatoms. The molecule has 0 fully saturated rings. The monoisotopic (exact) mass is 276 g/mol. The Balaban J connectivity index is 0.000000774. The van der Waals surface area contributed by atoms with Crippen LogP contribution >= 0.6 is 0 Å². The van der Waals surface area contributed by atoms with Crippen LogP contribution in [-0.2, 0) is 0 Å². The number of rotatable bonds is 2. The molecule has 3 aromatic carbocycles. The molecule has 0 N–H and O–H groups in total. The lowest BCUT2D eigenvalue weighted by molar-refractivity contribution is 0.101. The summed E-state index contributed by atoms with van der Waals surface area (Å²) in [4.78, 5) is 11.3. The smallest absolute Gasteiger partial charge is 0.159 e. The molecule has 0 spiro atoms. The zero-order valence-corrected chi connectivity index (χ0v) is 12.8. The highest BCUT2D eigenvalue weighted by Crippen LogP contribution is 2.24. The maximum absolute atomic E-state index is 11.3. The summed E-state index contributed by atoms with van der Waals surface area (Å²) >= 11 is 0. The van der Waals surface area contributed by atoms with Gasteiger partial charge in [-0.05, 0) is 34.9 Å². The Morgan fingerprint density at radius 3 is 1.90 bits per heavy atom. The van der Waals surface area contributed by atoms with E-state index in [4.69, 9.17) is 0 Å². The molecule has 0 aliphatic carbocycles. The van der Waals surface area contributed by atoms with Crippen molar-refractivity contribution in [3.8, 4) is 11.1 Å². The molecule has 106 valence electrons. The first-order chi connectivity index (χ1) is 10.2. The van der Waals surface area contributed by atoms with Gasteiger partial charge in [0, 0.05) is 5.56 Å². The molecule has 0 aromatic heterocycles. The minimum absolute atomic E-state index is 0.102. The van der Waals surface area contributed by atoms with Crippen molar-refractivity contribution >= 4 is 16.6 Å². The standard InChI is InChI=1S/C18H14O.C2H6/c1-13(19)14-6-8-16(9-7-14)18-11-10-15-4-2-3-5-17(15)12-18;1-2/h2-12H,1H3;1-2H3. The Hall–Kier alpha value is -2.41. The maximum atomic E-state index is 11.3. The number of carbonyl (C=O) groups is 1. The molecule has 0 bridgehead atoms. The van der Waals surface area contributed by atoms with E-state index in [1.54, 1.807) is 6.92 Å². The average molecular weight is 276 g/mol. The lowest BCUT2D eigenvalue weighted by Gasteiger charge is -2.05. The van der Waals surface area contributed by atoms with Gasteiger partial charge in [0.25, 0.3) is 0 Å². The zero-order valence-electron chi connectivity index (χ0n) is 12.8. The second-order valence-corrected chi connectivity index (χ2v) is 4.70. The number of hydrogen-bond donors (Lipinski definition) is 0. The minimum atomic E-state index is 0.102. The number of carbonyl (C=O) groups excluding carboxylic acids is 1. The van der Waals surface area contributed by atoms with Crippen LogP contribution in [0.1, 0.15) is 31.1 Å². The number of Topliss-reactive ketones (excluding diaryl/α,β-unsaturated/α-hetero) is 1. The summed E-state index contributed by atoms with van der Waals surface area (Å²) in [5.74, 6) is 0.102. The summed E-state index contributed by atoms with van der Waals surface area (Å²) in [6.07, 6.45) is 0. The van der Waals surface area contributed by atoms with E-state index in [1.165, 1.54) is 16.3 Å². The molecule has 0 heterocycles. The summed E-state index contributed by atoms with van der Waals surface area (Å²) in [5, 5.41) is 2.47. The van der Waals surface area contributed by atoms with E-state index in [1.807, 2.05) is 50.2 Å².